The second-order valence-electron chi connectivity index (χ2n) is 4.69. The number of carbonyl (C=O) groups excluding carboxylic acids is 1. The molecule has 0 saturated heterocycles. The molecular formula is C15H24N2O. The number of carbonyl (C=O) groups is 1. The zero-order valence-corrected chi connectivity index (χ0v) is 11.6. The van der Waals surface area contributed by atoms with Crippen LogP contribution >= 0.6 is 0 Å². The van der Waals surface area contributed by atoms with E-state index in [9.17, 15) is 4.79 Å². The molecule has 2 N–H and O–H groups in total. The molecule has 3 nitrogen and oxygen atoms in total. The summed E-state index contributed by atoms with van der Waals surface area (Å²) in [5.41, 5.74) is 2.53. The fourth-order valence-electron chi connectivity index (χ4n) is 1.81. The third-order valence-electron chi connectivity index (χ3n) is 2.92. The van der Waals surface area contributed by atoms with E-state index in [2.05, 4.69) is 55.7 Å². The van der Waals surface area contributed by atoms with Gasteiger partial charge in [0.15, 0.2) is 0 Å². The summed E-state index contributed by atoms with van der Waals surface area (Å²) in [5, 5.41) is 6.25. The molecule has 0 spiro atoms. The Bertz CT molecular complexity index is 377. The highest BCUT2D eigenvalue weighted by atomic mass is 16.1. The van der Waals surface area contributed by atoms with Gasteiger partial charge in [-0.3, -0.25) is 4.79 Å². The summed E-state index contributed by atoms with van der Waals surface area (Å²) >= 11 is 0. The van der Waals surface area contributed by atoms with Crippen molar-refractivity contribution in [1.29, 1.82) is 0 Å². The third kappa shape index (κ3) is 5.32. The van der Waals surface area contributed by atoms with E-state index in [4.69, 9.17) is 0 Å². The zero-order chi connectivity index (χ0) is 13.4. The van der Waals surface area contributed by atoms with Crippen LogP contribution < -0.4 is 10.6 Å². The molecule has 1 rings (SSSR count). The molecule has 0 aliphatic carbocycles. The minimum Gasteiger partial charge on any atom is -0.356 e. The molecule has 0 heterocycles. The Morgan fingerprint density at radius 2 is 2.11 bits per heavy atom. The van der Waals surface area contributed by atoms with Crippen molar-refractivity contribution in [3.63, 3.8) is 0 Å². The lowest BCUT2D eigenvalue weighted by Gasteiger charge is -2.14. The third-order valence-corrected chi connectivity index (χ3v) is 2.92. The van der Waals surface area contributed by atoms with Crippen molar-refractivity contribution >= 4 is 5.91 Å². The van der Waals surface area contributed by atoms with Crippen LogP contribution in [-0.2, 0) is 4.79 Å². The molecule has 0 aliphatic heterocycles. The van der Waals surface area contributed by atoms with Crippen LogP contribution in [0.4, 0.5) is 0 Å². The standard InChI is InChI=1S/C15H24N2O/c1-4-9-17-15(18)8-10-16-13(3)14-7-5-6-12(2)11-14/h5-7,11,13,16H,4,8-10H2,1-3H3,(H,17,18). The highest BCUT2D eigenvalue weighted by Gasteiger charge is 2.05. The van der Waals surface area contributed by atoms with Gasteiger partial charge in [-0.05, 0) is 25.8 Å². The molecule has 0 bridgehead atoms. The van der Waals surface area contributed by atoms with Crippen molar-refractivity contribution in [2.75, 3.05) is 13.1 Å². The summed E-state index contributed by atoms with van der Waals surface area (Å²) in [4.78, 5) is 11.4. The van der Waals surface area contributed by atoms with Gasteiger partial charge in [-0.25, -0.2) is 0 Å². The maximum atomic E-state index is 11.4. The van der Waals surface area contributed by atoms with E-state index in [1.807, 2.05) is 0 Å². The van der Waals surface area contributed by atoms with Crippen LogP contribution in [0.25, 0.3) is 0 Å². The lowest BCUT2D eigenvalue weighted by atomic mass is 10.1. The lowest BCUT2D eigenvalue weighted by Crippen LogP contribution is -2.29. The molecule has 100 valence electrons. The Labute approximate surface area is 110 Å². The molecule has 0 aliphatic rings. The van der Waals surface area contributed by atoms with Gasteiger partial charge in [-0.2, -0.15) is 0 Å². The van der Waals surface area contributed by atoms with Gasteiger partial charge in [0.25, 0.3) is 0 Å². The normalized spacial score (nSPS) is 12.2. The predicted octanol–water partition coefficient (Wildman–Crippen LogP) is 2.56. The minimum atomic E-state index is 0.126. The summed E-state index contributed by atoms with van der Waals surface area (Å²) in [6, 6.07) is 8.73. The topological polar surface area (TPSA) is 41.1 Å². The summed E-state index contributed by atoms with van der Waals surface area (Å²) in [7, 11) is 0. The maximum absolute atomic E-state index is 11.4. The van der Waals surface area contributed by atoms with E-state index in [1.54, 1.807) is 0 Å². The largest absolute Gasteiger partial charge is 0.356 e. The van der Waals surface area contributed by atoms with Crippen molar-refractivity contribution in [2.24, 2.45) is 0 Å². The van der Waals surface area contributed by atoms with Crippen LogP contribution in [0.15, 0.2) is 24.3 Å². The number of rotatable bonds is 7. The van der Waals surface area contributed by atoms with Gasteiger partial charge in [0.05, 0.1) is 0 Å². The quantitative estimate of drug-likeness (QED) is 0.778. The summed E-state index contributed by atoms with van der Waals surface area (Å²) in [6.07, 6.45) is 1.52. The highest BCUT2D eigenvalue weighted by Crippen LogP contribution is 2.13. The monoisotopic (exact) mass is 248 g/mol. The molecule has 18 heavy (non-hydrogen) atoms. The van der Waals surface area contributed by atoms with Crippen molar-refractivity contribution in [1.82, 2.24) is 10.6 Å². The van der Waals surface area contributed by atoms with Crippen LogP contribution in [0.2, 0.25) is 0 Å². The first kappa shape index (κ1) is 14.7. The van der Waals surface area contributed by atoms with E-state index < -0.39 is 0 Å². The van der Waals surface area contributed by atoms with Crippen molar-refractivity contribution < 1.29 is 4.79 Å². The minimum absolute atomic E-state index is 0.126. The number of nitrogens with one attached hydrogen (secondary N) is 2. The van der Waals surface area contributed by atoms with E-state index in [1.165, 1.54) is 11.1 Å². The molecule has 0 aromatic heterocycles. The first-order valence-electron chi connectivity index (χ1n) is 6.70. The summed E-state index contributed by atoms with van der Waals surface area (Å²) in [6.45, 7) is 7.75. The van der Waals surface area contributed by atoms with Crippen molar-refractivity contribution in [3.8, 4) is 0 Å². The van der Waals surface area contributed by atoms with Crippen LogP contribution in [0.3, 0.4) is 0 Å². The number of benzene rings is 1. The van der Waals surface area contributed by atoms with Crippen molar-refractivity contribution in [3.05, 3.63) is 35.4 Å². The molecule has 0 fully saturated rings. The molecule has 0 radical (unpaired) electrons. The van der Waals surface area contributed by atoms with Crippen LogP contribution in [0, 0.1) is 6.92 Å². The number of amides is 1. The second kappa shape index (κ2) is 7.88. The van der Waals surface area contributed by atoms with E-state index in [-0.39, 0.29) is 11.9 Å². The van der Waals surface area contributed by atoms with Gasteiger partial charge < -0.3 is 10.6 Å². The summed E-state index contributed by atoms with van der Waals surface area (Å²) in [5.74, 6) is 0.126. The van der Waals surface area contributed by atoms with Crippen LogP contribution in [0.1, 0.15) is 43.9 Å². The first-order valence-corrected chi connectivity index (χ1v) is 6.70. The molecule has 1 aromatic carbocycles. The Kier molecular flexibility index (Phi) is 6.44. The molecule has 1 unspecified atom stereocenters. The Morgan fingerprint density at radius 3 is 2.78 bits per heavy atom. The van der Waals surface area contributed by atoms with E-state index in [0.29, 0.717) is 13.0 Å². The molecule has 1 atom stereocenters. The molecular weight excluding hydrogens is 224 g/mol. The lowest BCUT2D eigenvalue weighted by molar-refractivity contribution is -0.121. The fraction of sp³-hybridized carbons (Fsp3) is 0.533. The molecule has 1 aromatic rings. The number of aryl methyl sites for hydroxylation is 1. The van der Waals surface area contributed by atoms with Gasteiger partial charge >= 0.3 is 0 Å². The Hall–Kier alpha value is -1.35. The van der Waals surface area contributed by atoms with E-state index >= 15 is 0 Å². The van der Waals surface area contributed by atoms with Crippen LogP contribution in [0.5, 0.6) is 0 Å². The van der Waals surface area contributed by atoms with Gasteiger partial charge in [-0.1, -0.05) is 36.8 Å². The fourth-order valence-corrected chi connectivity index (χ4v) is 1.81. The number of hydrogen-bond acceptors (Lipinski definition) is 2. The van der Waals surface area contributed by atoms with Crippen molar-refractivity contribution in [2.45, 2.75) is 39.7 Å². The highest BCUT2D eigenvalue weighted by molar-refractivity contribution is 5.75. The van der Waals surface area contributed by atoms with Gasteiger partial charge in [0.2, 0.25) is 5.91 Å². The number of hydrogen-bond donors (Lipinski definition) is 2. The smallest absolute Gasteiger partial charge is 0.221 e. The summed E-state index contributed by atoms with van der Waals surface area (Å²) < 4.78 is 0. The zero-order valence-electron chi connectivity index (χ0n) is 11.6. The maximum Gasteiger partial charge on any atom is 0.221 e. The Balaban J connectivity index is 2.29. The van der Waals surface area contributed by atoms with Crippen LogP contribution in [-0.4, -0.2) is 19.0 Å². The first-order chi connectivity index (χ1) is 8.63. The molecule has 0 saturated carbocycles. The van der Waals surface area contributed by atoms with Gasteiger partial charge in [0, 0.05) is 25.6 Å². The average molecular weight is 248 g/mol. The SMILES string of the molecule is CCCNC(=O)CCNC(C)c1cccc(C)c1. The van der Waals surface area contributed by atoms with E-state index in [0.717, 1.165) is 13.0 Å². The predicted molar refractivity (Wildman–Crippen MR) is 75.5 cm³/mol. The average Bonchev–Trinajstić information content (AvgIpc) is 2.36. The van der Waals surface area contributed by atoms with Gasteiger partial charge in [0.1, 0.15) is 0 Å². The Morgan fingerprint density at radius 1 is 1.33 bits per heavy atom. The molecule has 3 heteroatoms. The second-order valence-corrected chi connectivity index (χ2v) is 4.69. The molecule has 1 amide bonds. The van der Waals surface area contributed by atoms with Gasteiger partial charge in [-0.15, -0.1) is 0 Å².